The maximum atomic E-state index is 5.90. The lowest BCUT2D eigenvalue weighted by Gasteiger charge is -2.26. The van der Waals surface area contributed by atoms with Gasteiger partial charge in [-0.3, -0.25) is 0 Å². The molecular formula is C11H15BrN2S. The zero-order valence-electron chi connectivity index (χ0n) is 8.50. The number of hydrogen-bond donors (Lipinski definition) is 2. The SMILES string of the molecule is Nc1ccc(Br)cc1SCCC1CNC1. The molecule has 0 aromatic heterocycles. The maximum absolute atomic E-state index is 5.90. The summed E-state index contributed by atoms with van der Waals surface area (Å²) in [5.74, 6) is 2.04. The highest BCUT2D eigenvalue weighted by atomic mass is 79.9. The second-order valence-corrected chi connectivity index (χ2v) is 5.90. The molecule has 1 aromatic rings. The number of nitrogen functional groups attached to an aromatic ring is 1. The molecule has 0 amide bonds. The number of nitrogens with one attached hydrogen (secondary N) is 1. The summed E-state index contributed by atoms with van der Waals surface area (Å²) in [6.45, 7) is 2.38. The Balaban J connectivity index is 1.83. The first-order chi connectivity index (χ1) is 7.25. The van der Waals surface area contributed by atoms with Gasteiger partial charge in [0.1, 0.15) is 0 Å². The van der Waals surface area contributed by atoms with Crippen LogP contribution in [0, 0.1) is 5.92 Å². The first-order valence-electron chi connectivity index (χ1n) is 5.14. The van der Waals surface area contributed by atoms with E-state index in [2.05, 4.69) is 27.3 Å². The van der Waals surface area contributed by atoms with Crippen LogP contribution in [0.3, 0.4) is 0 Å². The number of anilines is 1. The largest absolute Gasteiger partial charge is 0.398 e. The Morgan fingerprint density at radius 1 is 1.47 bits per heavy atom. The lowest BCUT2D eigenvalue weighted by molar-refractivity contribution is 0.341. The second kappa shape index (κ2) is 5.23. The summed E-state index contributed by atoms with van der Waals surface area (Å²) in [5.41, 5.74) is 6.78. The van der Waals surface area contributed by atoms with Crippen LogP contribution in [0.4, 0.5) is 5.69 Å². The van der Waals surface area contributed by atoms with Crippen molar-refractivity contribution in [3.63, 3.8) is 0 Å². The fraction of sp³-hybridized carbons (Fsp3) is 0.455. The van der Waals surface area contributed by atoms with Gasteiger partial charge in [0, 0.05) is 15.1 Å². The van der Waals surface area contributed by atoms with E-state index in [1.807, 2.05) is 23.9 Å². The highest BCUT2D eigenvalue weighted by molar-refractivity contribution is 9.10. The Bertz CT molecular complexity index is 339. The molecule has 0 bridgehead atoms. The summed E-state index contributed by atoms with van der Waals surface area (Å²) in [6.07, 6.45) is 1.28. The third-order valence-electron chi connectivity index (χ3n) is 2.63. The Labute approximate surface area is 103 Å². The van der Waals surface area contributed by atoms with Crippen molar-refractivity contribution in [2.24, 2.45) is 5.92 Å². The Morgan fingerprint density at radius 3 is 2.93 bits per heavy atom. The molecule has 0 saturated carbocycles. The van der Waals surface area contributed by atoms with Crippen molar-refractivity contribution >= 4 is 33.4 Å². The van der Waals surface area contributed by atoms with E-state index < -0.39 is 0 Å². The fourth-order valence-electron chi connectivity index (χ4n) is 1.52. The Morgan fingerprint density at radius 2 is 2.27 bits per heavy atom. The van der Waals surface area contributed by atoms with E-state index in [1.54, 1.807) is 0 Å². The van der Waals surface area contributed by atoms with Crippen LogP contribution in [0.25, 0.3) is 0 Å². The predicted molar refractivity (Wildman–Crippen MR) is 70.3 cm³/mol. The molecule has 1 heterocycles. The number of hydrogen-bond acceptors (Lipinski definition) is 3. The molecule has 82 valence electrons. The van der Waals surface area contributed by atoms with E-state index in [-0.39, 0.29) is 0 Å². The van der Waals surface area contributed by atoms with Crippen molar-refractivity contribution < 1.29 is 0 Å². The molecule has 0 spiro atoms. The van der Waals surface area contributed by atoms with Crippen LogP contribution in [-0.4, -0.2) is 18.8 Å². The molecule has 1 aliphatic heterocycles. The van der Waals surface area contributed by atoms with Crippen molar-refractivity contribution in [1.29, 1.82) is 0 Å². The number of thioether (sulfide) groups is 1. The minimum atomic E-state index is 0.880. The van der Waals surface area contributed by atoms with Gasteiger partial charge in [0.05, 0.1) is 0 Å². The number of rotatable bonds is 4. The van der Waals surface area contributed by atoms with Crippen LogP contribution in [-0.2, 0) is 0 Å². The first kappa shape index (κ1) is 11.3. The van der Waals surface area contributed by atoms with E-state index in [0.717, 1.165) is 21.8 Å². The molecule has 0 unspecified atom stereocenters. The quantitative estimate of drug-likeness (QED) is 0.660. The van der Waals surface area contributed by atoms with Gasteiger partial charge in [0.25, 0.3) is 0 Å². The average Bonchev–Trinajstić information content (AvgIpc) is 2.15. The monoisotopic (exact) mass is 286 g/mol. The third-order valence-corrected chi connectivity index (χ3v) is 4.22. The molecular weight excluding hydrogens is 272 g/mol. The third kappa shape index (κ3) is 3.13. The van der Waals surface area contributed by atoms with Crippen LogP contribution in [0.2, 0.25) is 0 Å². The van der Waals surface area contributed by atoms with Gasteiger partial charge in [0.2, 0.25) is 0 Å². The lowest BCUT2D eigenvalue weighted by Crippen LogP contribution is -2.42. The molecule has 1 fully saturated rings. The summed E-state index contributed by atoms with van der Waals surface area (Å²) in [4.78, 5) is 1.19. The predicted octanol–water partition coefficient (Wildman–Crippen LogP) is 2.73. The zero-order chi connectivity index (χ0) is 10.7. The summed E-state index contributed by atoms with van der Waals surface area (Å²) < 4.78 is 1.10. The van der Waals surface area contributed by atoms with Gasteiger partial charge in [0.15, 0.2) is 0 Å². The maximum Gasteiger partial charge on any atom is 0.0453 e. The van der Waals surface area contributed by atoms with Gasteiger partial charge >= 0.3 is 0 Å². The van der Waals surface area contributed by atoms with Crippen molar-refractivity contribution in [3.05, 3.63) is 22.7 Å². The molecule has 2 rings (SSSR count). The van der Waals surface area contributed by atoms with Crippen LogP contribution in [0.1, 0.15) is 6.42 Å². The Kier molecular flexibility index (Phi) is 3.94. The topological polar surface area (TPSA) is 38.0 Å². The minimum absolute atomic E-state index is 0.880. The first-order valence-corrected chi connectivity index (χ1v) is 6.92. The number of benzene rings is 1. The van der Waals surface area contributed by atoms with Crippen molar-refractivity contribution in [3.8, 4) is 0 Å². The molecule has 3 N–H and O–H groups in total. The fourth-order valence-corrected chi connectivity index (χ4v) is 3.15. The van der Waals surface area contributed by atoms with Crippen LogP contribution < -0.4 is 11.1 Å². The van der Waals surface area contributed by atoms with E-state index >= 15 is 0 Å². The summed E-state index contributed by atoms with van der Waals surface area (Å²) in [5, 5.41) is 3.29. The van der Waals surface area contributed by atoms with Crippen LogP contribution in [0.15, 0.2) is 27.6 Å². The molecule has 1 aliphatic rings. The molecule has 1 aromatic carbocycles. The smallest absolute Gasteiger partial charge is 0.0453 e. The molecule has 4 heteroatoms. The summed E-state index contributed by atoms with van der Waals surface area (Å²) in [7, 11) is 0. The van der Waals surface area contributed by atoms with Gasteiger partial charge in [-0.2, -0.15) is 0 Å². The van der Waals surface area contributed by atoms with Crippen molar-refractivity contribution in [2.75, 3.05) is 24.6 Å². The van der Waals surface area contributed by atoms with Gasteiger partial charge < -0.3 is 11.1 Å². The standard InChI is InChI=1S/C11H15BrN2S/c12-9-1-2-10(13)11(5-9)15-4-3-8-6-14-7-8/h1-2,5,8,14H,3-4,6-7,13H2. The van der Waals surface area contributed by atoms with Crippen molar-refractivity contribution in [2.45, 2.75) is 11.3 Å². The summed E-state index contributed by atoms with van der Waals surface area (Å²) in [6, 6.07) is 6.03. The zero-order valence-corrected chi connectivity index (χ0v) is 10.9. The Hall–Kier alpha value is -0.190. The summed E-state index contributed by atoms with van der Waals surface area (Å²) >= 11 is 5.32. The molecule has 2 nitrogen and oxygen atoms in total. The van der Waals surface area contributed by atoms with E-state index in [0.29, 0.717) is 0 Å². The molecule has 0 aliphatic carbocycles. The van der Waals surface area contributed by atoms with Crippen molar-refractivity contribution in [1.82, 2.24) is 5.32 Å². The molecule has 0 radical (unpaired) electrons. The highest BCUT2D eigenvalue weighted by Gasteiger charge is 2.15. The average molecular weight is 287 g/mol. The lowest BCUT2D eigenvalue weighted by atomic mass is 10.0. The normalized spacial score (nSPS) is 16.3. The van der Waals surface area contributed by atoms with E-state index in [1.165, 1.54) is 24.4 Å². The van der Waals surface area contributed by atoms with Gasteiger partial charge in [-0.05, 0) is 49.4 Å². The number of nitrogens with two attached hydrogens (primary N) is 1. The second-order valence-electron chi connectivity index (χ2n) is 3.84. The minimum Gasteiger partial charge on any atom is -0.398 e. The van der Waals surface area contributed by atoms with Gasteiger partial charge in [-0.15, -0.1) is 11.8 Å². The number of halogens is 1. The molecule has 1 saturated heterocycles. The van der Waals surface area contributed by atoms with E-state index in [9.17, 15) is 0 Å². The molecule has 15 heavy (non-hydrogen) atoms. The van der Waals surface area contributed by atoms with E-state index in [4.69, 9.17) is 5.73 Å². The van der Waals surface area contributed by atoms with Gasteiger partial charge in [-0.25, -0.2) is 0 Å². The van der Waals surface area contributed by atoms with Crippen LogP contribution in [0.5, 0.6) is 0 Å². The highest BCUT2D eigenvalue weighted by Crippen LogP contribution is 2.29. The van der Waals surface area contributed by atoms with Crippen LogP contribution >= 0.6 is 27.7 Å². The van der Waals surface area contributed by atoms with Gasteiger partial charge in [-0.1, -0.05) is 15.9 Å². The molecule has 0 atom stereocenters.